The lowest BCUT2D eigenvalue weighted by Crippen LogP contribution is -2.60. The van der Waals surface area contributed by atoms with E-state index in [2.05, 4.69) is 0 Å². The van der Waals surface area contributed by atoms with Crippen LogP contribution in [0.15, 0.2) is 42.5 Å². The first-order chi connectivity index (χ1) is 31.1. The molecule has 4 aromatic carbocycles. The van der Waals surface area contributed by atoms with E-state index in [1.165, 1.54) is 0 Å². The minimum atomic E-state index is -1.91. The Morgan fingerprint density at radius 3 is 1.26 bits per heavy atom. The number of aliphatic hydroxyl groups is 8. The van der Waals surface area contributed by atoms with Crippen molar-refractivity contribution in [3.63, 3.8) is 0 Å². The fourth-order valence-electron chi connectivity index (χ4n) is 6.54. The van der Waals surface area contributed by atoms with Crippen LogP contribution in [-0.4, -0.2) is 173 Å². The minimum Gasteiger partial charge on any atom is -0.504 e. The molecule has 66 heavy (non-hydrogen) atoms. The van der Waals surface area contributed by atoms with Crippen LogP contribution in [0.2, 0.25) is 0 Å². The van der Waals surface area contributed by atoms with Gasteiger partial charge in [0, 0.05) is 6.07 Å². The summed E-state index contributed by atoms with van der Waals surface area (Å²) in [4.78, 5) is 26.2. The molecular formula is C40H42O26. The number of ether oxygens (including phenoxy) is 7. The van der Waals surface area contributed by atoms with Crippen LogP contribution in [0.1, 0.15) is 31.8 Å². The van der Waals surface area contributed by atoms with Crippen molar-refractivity contribution in [3.05, 3.63) is 64.7 Å². The van der Waals surface area contributed by atoms with Gasteiger partial charge < -0.3 is 120 Å². The van der Waals surface area contributed by atoms with E-state index in [1.54, 1.807) is 0 Å². The lowest BCUT2D eigenvalue weighted by atomic mass is 9.99. The van der Waals surface area contributed by atoms with Gasteiger partial charge >= 0.3 is 11.9 Å². The van der Waals surface area contributed by atoms with E-state index < -0.39 is 186 Å². The fourth-order valence-corrected chi connectivity index (χ4v) is 6.54. The number of phenolic OH excluding ortho intramolecular Hbond substituents is 9. The largest absolute Gasteiger partial charge is 0.504 e. The van der Waals surface area contributed by atoms with Gasteiger partial charge in [0.15, 0.2) is 46.0 Å². The SMILES string of the molecule is O=C(OCc1cc(O)c(O[C@@H]2O[C@H](CO)[C@@H](O)[C@H](O)[C@H]2O)c(O)c1)c1cc(O)c(Oc2c(C(=O)OCc3cc(O)c(O[C@H]4O[C@@H](CO)[C@H](O)[C@@H](O)[C@@H]4O)c(O)c3)cc(O)c(O)c2O)c(O)c1. The number of esters is 2. The Morgan fingerprint density at radius 1 is 0.455 bits per heavy atom. The highest BCUT2D eigenvalue weighted by Gasteiger charge is 2.46. The lowest BCUT2D eigenvalue weighted by Gasteiger charge is -2.39. The maximum absolute atomic E-state index is 13.3. The van der Waals surface area contributed by atoms with Crippen molar-refractivity contribution < 1.29 is 130 Å². The second-order valence-corrected chi connectivity index (χ2v) is 14.6. The molecule has 17 N–H and O–H groups in total. The molecule has 0 saturated carbocycles. The van der Waals surface area contributed by atoms with Crippen molar-refractivity contribution in [2.45, 2.75) is 74.6 Å². The lowest BCUT2D eigenvalue weighted by molar-refractivity contribution is -0.277. The monoisotopic (exact) mass is 938 g/mol. The summed E-state index contributed by atoms with van der Waals surface area (Å²) >= 11 is 0. The van der Waals surface area contributed by atoms with Crippen molar-refractivity contribution in [1.29, 1.82) is 0 Å². The number of rotatable bonds is 14. The van der Waals surface area contributed by atoms with Gasteiger partial charge in [-0.05, 0) is 47.5 Å². The zero-order valence-electron chi connectivity index (χ0n) is 33.4. The van der Waals surface area contributed by atoms with Crippen molar-refractivity contribution in [1.82, 2.24) is 0 Å². The smallest absolute Gasteiger partial charge is 0.342 e. The Balaban J connectivity index is 1.12. The van der Waals surface area contributed by atoms with E-state index in [4.69, 9.17) is 33.2 Å². The summed E-state index contributed by atoms with van der Waals surface area (Å²) in [7, 11) is 0. The van der Waals surface area contributed by atoms with Crippen LogP contribution in [0, 0.1) is 0 Å². The molecule has 2 aliphatic heterocycles. The van der Waals surface area contributed by atoms with E-state index in [-0.39, 0.29) is 11.1 Å². The summed E-state index contributed by atoms with van der Waals surface area (Å²) < 4.78 is 36.6. The molecule has 0 spiro atoms. The van der Waals surface area contributed by atoms with Gasteiger partial charge in [0.1, 0.15) is 67.6 Å². The van der Waals surface area contributed by atoms with Gasteiger partial charge in [-0.2, -0.15) is 0 Å². The molecule has 2 heterocycles. The molecule has 26 heteroatoms. The number of aromatic hydroxyl groups is 9. The molecule has 0 unspecified atom stereocenters. The van der Waals surface area contributed by atoms with Crippen molar-refractivity contribution in [2.75, 3.05) is 13.2 Å². The standard InChI is InChI=1S/C40H42O26/c41-8-23-26(51)28(53)31(56)39(62-23)65-35-17(44)1-12(2-18(35)45)10-60-37(58)14-5-21(48)34(22(49)6-14)64-33-15(7-16(43)25(50)30(33)55)38(59)61-11-13-3-19(46)36(20(47)4-13)66-40-32(57)29(54)27(52)24(9-42)63-40/h1-7,23-24,26-29,31-32,39-57H,8-11H2/t23-,24+,26-,27+,28+,29-,31-,32+,39+,40-/m1/s1. The molecule has 2 fully saturated rings. The quantitative estimate of drug-likeness (QED) is 0.0476. The third kappa shape index (κ3) is 9.82. The molecule has 2 aliphatic rings. The Kier molecular flexibility index (Phi) is 14.4. The molecule has 0 radical (unpaired) electrons. The van der Waals surface area contributed by atoms with Gasteiger partial charge in [-0.15, -0.1) is 0 Å². The second-order valence-electron chi connectivity index (χ2n) is 14.6. The Bertz CT molecular complexity index is 2370. The van der Waals surface area contributed by atoms with Crippen molar-refractivity contribution >= 4 is 11.9 Å². The highest BCUT2D eigenvalue weighted by Crippen LogP contribution is 2.50. The summed E-state index contributed by atoms with van der Waals surface area (Å²) in [6.45, 7) is -3.05. The van der Waals surface area contributed by atoms with E-state index >= 15 is 0 Å². The summed E-state index contributed by atoms with van der Waals surface area (Å²) in [5.74, 6) is -14.9. The topological polar surface area (TPSA) is 443 Å². The number of carbonyl (C=O) groups is 2. The average molecular weight is 939 g/mol. The number of aliphatic hydroxyl groups excluding tert-OH is 8. The highest BCUT2D eigenvalue weighted by atomic mass is 16.7. The first-order valence-corrected chi connectivity index (χ1v) is 19.1. The summed E-state index contributed by atoms with van der Waals surface area (Å²) in [5.41, 5.74) is -1.60. The molecular weight excluding hydrogens is 896 g/mol. The van der Waals surface area contributed by atoms with E-state index in [0.717, 1.165) is 24.3 Å². The van der Waals surface area contributed by atoms with E-state index in [0.29, 0.717) is 18.2 Å². The molecule has 2 saturated heterocycles. The molecule has 10 atom stereocenters. The third-order valence-electron chi connectivity index (χ3n) is 10.0. The van der Waals surface area contributed by atoms with Crippen LogP contribution >= 0.6 is 0 Å². The second kappa shape index (κ2) is 19.6. The van der Waals surface area contributed by atoms with Crippen LogP contribution in [0.25, 0.3) is 0 Å². The zero-order chi connectivity index (χ0) is 48.5. The number of phenols is 9. The predicted octanol–water partition coefficient (Wildman–Crippen LogP) is -2.10. The van der Waals surface area contributed by atoms with Gasteiger partial charge in [0.25, 0.3) is 0 Å². The van der Waals surface area contributed by atoms with Crippen molar-refractivity contribution in [3.8, 4) is 74.7 Å². The predicted molar refractivity (Wildman–Crippen MR) is 208 cm³/mol. The molecule has 358 valence electrons. The van der Waals surface area contributed by atoms with Gasteiger partial charge in [0.05, 0.1) is 18.8 Å². The molecule has 0 aromatic heterocycles. The number of hydrogen-bond donors (Lipinski definition) is 17. The summed E-state index contributed by atoms with van der Waals surface area (Å²) in [6.07, 6.45) is -17.3. The minimum absolute atomic E-state index is 0.0682. The Morgan fingerprint density at radius 2 is 0.848 bits per heavy atom. The Labute approximate surface area is 368 Å². The number of carbonyl (C=O) groups excluding carboxylic acids is 2. The molecule has 0 aliphatic carbocycles. The normalized spacial score (nSPS) is 25.2. The van der Waals surface area contributed by atoms with E-state index in [9.17, 15) is 96.4 Å². The van der Waals surface area contributed by atoms with Gasteiger partial charge in [-0.3, -0.25) is 0 Å². The highest BCUT2D eigenvalue weighted by molar-refractivity contribution is 5.95. The van der Waals surface area contributed by atoms with E-state index in [1.807, 2.05) is 0 Å². The summed E-state index contributed by atoms with van der Waals surface area (Å²) in [5, 5.41) is 174. The first-order valence-electron chi connectivity index (χ1n) is 19.1. The van der Waals surface area contributed by atoms with Gasteiger partial charge in [-0.1, -0.05) is 0 Å². The third-order valence-corrected chi connectivity index (χ3v) is 10.0. The average Bonchev–Trinajstić information content (AvgIpc) is 3.27. The maximum Gasteiger partial charge on any atom is 0.342 e. The summed E-state index contributed by atoms with van der Waals surface area (Å²) in [6, 6.07) is 5.68. The van der Waals surface area contributed by atoms with Gasteiger partial charge in [-0.25, -0.2) is 9.59 Å². The molecule has 0 bridgehead atoms. The van der Waals surface area contributed by atoms with Crippen LogP contribution in [0.4, 0.5) is 0 Å². The van der Waals surface area contributed by atoms with Crippen LogP contribution in [0.3, 0.4) is 0 Å². The first kappa shape index (κ1) is 48.5. The molecule has 6 rings (SSSR count). The Hall–Kier alpha value is -6.98. The van der Waals surface area contributed by atoms with Crippen LogP contribution in [0.5, 0.6) is 74.7 Å². The molecule has 26 nitrogen and oxygen atoms in total. The molecule has 0 amide bonds. The fraction of sp³-hybridized carbons (Fsp3) is 0.350. The van der Waals surface area contributed by atoms with Crippen LogP contribution < -0.4 is 14.2 Å². The zero-order valence-corrected chi connectivity index (χ0v) is 33.4. The number of benzene rings is 4. The van der Waals surface area contributed by atoms with Crippen molar-refractivity contribution in [2.24, 2.45) is 0 Å². The number of hydrogen-bond acceptors (Lipinski definition) is 26. The maximum atomic E-state index is 13.3. The van der Waals surface area contributed by atoms with Crippen LogP contribution in [-0.2, 0) is 32.2 Å². The van der Waals surface area contributed by atoms with Gasteiger partial charge in [0.2, 0.25) is 41.3 Å². The molecule has 4 aromatic rings.